The van der Waals surface area contributed by atoms with Gasteiger partial charge in [-0.15, -0.1) is 0 Å². The number of hydrogen-bond acceptors (Lipinski definition) is 6. The molecule has 1 atom stereocenters. The second kappa shape index (κ2) is 9.86. The Morgan fingerprint density at radius 2 is 1.93 bits per heavy atom. The fraction of sp³-hybridized carbons (Fsp3) is 0.316. The van der Waals surface area contributed by atoms with Crippen molar-refractivity contribution < 1.29 is 27.1 Å². The Kier molecular flexibility index (Phi) is 7.45. The number of anilines is 1. The van der Waals surface area contributed by atoms with Gasteiger partial charge in [-0.2, -0.15) is 16.5 Å². The Labute approximate surface area is 183 Å². The summed E-state index contributed by atoms with van der Waals surface area (Å²) in [5, 5.41) is 2.42. The quantitative estimate of drug-likeness (QED) is 0.609. The van der Waals surface area contributed by atoms with Gasteiger partial charge in [-0.1, -0.05) is 11.6 Å². The lowest BCUT2D eigenvalue weighted by molar-refractivity contribution is -0.117. The van der Waals surface area contributed by atoms with E-state index in [1.54, 1.807) is 0 Å². The molecule has 0 saturated heterocycles. The van der Waals surface area contributed by atoms with Gasteiger partial charge < -0.3 is 14.8 Å². The smallest absolute Gasteiger partial charge is 0.242 e. The van der Waals surface area contributed by atoms with Crippen LogP contribution >= 0.6 is 23.4 Å². The van der Waals surface area contributed by atoms with E-state index in [1.165, 1.54) is 42.1 Å². The van der Waals surface area contributed by atoms with Gasteiger partial charge in [0, 0.05) is 11.8 Å². The molecule has 7 nitrogen and oxygen atoms in total. The third-order valence-corrected chi connectivity index (χ3v) is 6.64. The minimum Gasteiger partial charge on any atom is -0.486 e. The van der Waals surface area contributed by atoms with Gasteiger partial charge in [-0.05, 0) is 48.8 Å². The van der Waals surface area contributed by atoms with E-state index in [4.69, 9.17) is 21.1 Å². The lowest BCUT2D eigenvalue weighted by Crippen LogP contribution is -2.44. The third-order valence-electron chi connectivity index (χ3n) is 4.24. The summed E-state index contributed by atoms with van der Waals surface area (Å²) >= 11 is 7.22. The summed E-state index contributed by atoms with van der Waals surface area (Å²) in [6.07, 6.45) is 2.11. The molecule has 1 unspecified atom stereocenters. The van der Waals surface area contributed by atoms with Crippen molar-refractivity contribution in [1.82, 2.24) is 4.72 Å². The molecule has 0 saturated carbocycles. The van der Waals surface area contributed by atoms with Crippen LogP contribution in [-0.4, -0.2) is 45.6 Å². The maximum atomic E-state index is 13.3. The van der Waals surface area contributed by atoms with Crippen molar-refractivity contribution in [3.8, 4) is 11.5 Å². The molecule has 1 heterocycles. The van der Waals surface area contributed by atoms with Crippen LogP contribution in [0.4, 0.5) is 10.1 Å². The number of carbonyl (C=O) groups is 1. The van der Waals surface area contributed by atoms with Crippen molar-refractivity contribution in [1.29, 1.82) is 0 Å². The Bertz CT molecular complexity index is 1040. The zero-order chi connectivity index (χ0) is 21.7. The number of thioether (sulfide) groups is 1. The summed E-state index contributed by atoms with van der Waals surface area (Å²) in [5.74, 6) is 0.146. The molecule has 0 fully saturated rings. The fourth-order valence-electron chi connectivity index (χ4n) is 2.73. The van der Waals surface area contributed by atoms with Gasteiger partial charge in [0.05, 0.1) is 9.92 Å². The molecule has 11 heteroatoms. The lowest BCUT2D eigenvalue weighted by Gasteiger charge is -2.21. The van der Waals surface area contributed by atoms with Crippen LogP contribution in [0.1, 0.15) is 6.42 Å². The van der Waals surface area contributed by atoms with Crippen molar-refractivity contribution in [2.45, 2.75) is 17.4 Å². The second-order valence-corrected chi connectivity index (χ2v) is 9.49. The molecule has 30 heavy (non-hydrogen) atoms. The number of halogens is 2. The predicted octanol–water partition coefficient (Wildman–Crippen LogP) is 3.29. The number of sulfonamides is 1. The fourth-order valence-corrected chi connectivity index (χ4v) is 4.63. The number of rotatable bonds is 8. The molecule has 1 amide bonds. The number of nitrogens with one attached hydrogen (secondary N) is 2. The van der Waals surface area contributed by atoms with E-state index in [-0.39, 0.29) is 22.0 Å². The van der Waals surface area contributed by atoms with Gasteiger partial charge in [-0.25, -0.2) is 12.8 Å². The maximum absolute atomic E-state index is 13.3. The normalized spacial score (nSPS) is 14.2. The zero-order valence-electron chi connectivity index (χ0n) is 16.0. The van der Waals surface area contributed by atoms with Gasteiger partial charge >= 0.3 is 0 Å². The number of benzene rings is 2. The first-order chi connectivity index (χ1) is 14.3. The topological polar surface area (TPSA) is 93.7 Å². The minimum absolute atomic E-state index is 0.0430. The van der Waals surface area contributed by atoms with Crippen molar-refractivity contribution in [3.05, 3.63) is 47.2 Å². The lowest BCUT2D eigenvalue weighted by atomic mass is 10.2. The van der Waals surface area contributed by atoms with Gasteiger partial charge in [0.25, 0.3) is 0 Å². The summed E-state index contributed by atoms with van der Waals surface area (Å²) in [6.45, 7) is 0.713. The van der Waals surface area contributed by atoms with E-state index < -0.39 is 27.8 Å². The maximum Gasteiger partial charge on any atom is 0.242 e. The zero-order valence-corrected chi connectivity index (χ0v) is 18.4. The minimum atomic E-state index is -4.02. The third kappa shape index (κ3) is 5.57. The molecule has 0 radical (unpaired) electrons. The number of carbonyl (C=O) groups excluding carboxylic acids is 1. The van der Waals surface area contributed by atoms with Crippen LogP contribution in [0, 0.1) is 5.82 Å². The highest BCUT2D eigenvalue weighted by Gasteiger charge is 2.27. The van der Waals surface area contributed by atoms with Gasteiger partial charge in [0.1, 0.15) is 25.1 Å². The molecule has 0 bridgehead atoms. The van der Waals surface area contributed by atoms with E-state index in [9.17, 15) is 17.6 Å². The highest BCUT2D eigenvalue weighted by atomic mass is 35.5. The molecule has 1 aliphatic rings. The summed E-state index contributed by atoms with van der Waals surface area (Å²) in [7, 11) is -4.02. The number of hydrogen-bond donors (Lipinski definition) is 2. The van der Waals surface area contributed by atoms with Gasteiger partial charge in [0.2, 0.25) is 15.9 Å². The molecule has 0 aliphatic carbocycles. The average molecular weight is 475 g/mol. The predicted molar refractivity (Wildman–Crippen MR) is 115 cm³/mol. The number of fused-ring (bicyclic) bond motifs is 1. The highest BCUT2D eigenvalue weighted by molar-refractivity contribution is 7.98. The summed E-state index contributed by atoms with van der Waals surface area (Å²) in [6, 6.07) is 6.95. The molecule has 2 aromatic carbocycles. The molecule has 2 aromatic rings. The van der Waals surface area contributed by atoms with Gasteiger partial charge in [-0.3, -0.25) is 4.79 Å². The van der Waals surface area contributed by atoms with Crippen LogP contribution in [0.5, 0.6) is 11.5 Å². The first-order valence-corrected chi connectivity index (χ1v) is 12.2. The van der Waals surface area contributed by atoms with Crippen molar-refractivity contribution in [2.24, 2.45) is 0 Å². The molecule has 0 aromatic heterocycles. The Balaban J connectivity index is 1.78. The second-order valence-electron chi connectivity index (χ2n) is 6.38. The average Bonchev–Trinajstić information content (AvgIpc) is 2.73. The van der Waals surface area contributed by atoms with Crippen molar-refractivity contribution >= 4 is 45.0 Å². The summed E-state index contributed by atoms with van der Waals surface area (Å²) in [4.78, 5) is 12.7. The first-order valence-electron chi connectivity index (χ1n) is 8.97. The Morgan fingerprint density at radius 1 is 1.20 bits per heavy atom. The van der Waals surface area contributed by atoms with E-state index in [0.717, 1.165) is 6.07 Å². The molecule has 2 N–H and O–H groups in total. The van der Waals surface area contributed by atoms with E-state index >= 15 is 0 Å². The van der Waals surface area contributed by atoms with Crippen molar-refractivity contribution in [3.63, 3.8) is 0 Å². The standard InChI is InChI=1S/C19H20ClFN2O5S2/c1-29-9-6-16(19(24)22-12-2-4-15(21)14(20)10-12)23-30(25,26)13-3-5-17-18(11-13)28-8-7-27-17/h2-5,10-11,16,23H,6-9H2,1H3,(H,22,24). The van der Waals surface area contributed by atoms with Crippen LogP contribution in [0.3, 0.4) is 0 Å². The van der Waals surface area contributed by atoms with Crippen molar-refractivity contribution in [2.75, 3.05) is 30.5 Å². The summed E-state index contributed by atoms with van der Waals surface area (Å²) < 4.78 is 52.4. The highest BCUT2D eigenvalue weighted by Crippen LogP contribution is 2.32. The van der Waals surface area contributed by atoms with Gasteiger partial charge in [0.15, 0.2) is 11.5 Å². The van der Waals surface area contributed by atoms with Crippen LogP contribution in [0.2, 0.25) is 5.02 Å². The largest absolute Gasteiger partial charge is 0.486 e. The van der Waals surface area contributed by atoms with Crippen LogP contribution < -0.4 is 19.5 Å². The first kappa shape index (κ1) is 22.7. The number of ether oxygens (including phenoxy) is 2. The van der Waals surface area contributed by atoms with E-state index in [0.29, 0.717) is 30.5 Å². The van der Waals surface area contributed by atoms with E-state index in [1.807, 2.05) is 6.26 Å². The molecular weight excluding hydrogens is 455 g/mol. The summed E-state index contributed by atoms with van der Waals surface area (Å²) in [5.41, 5.74) is 0.263. The number of amides is 1. The van der Waals surface area contributed by atoms with Crippen LogP contribution in [0.25, 0.3) is 0 Å². The monoisotopic (exact) mass is 474 g/mol. The molecule has 1 aliphatic heterocycles. The Morgan fingerprint density at radius 3 is 2.63 bits per heavy atom. The van der Waals surface area contributed by atoms with E-state index in [2.05, 4.69) is 10.0 Å². The molecule has 0 spiro atoms. The molecule has 162 valence electrons. The van der Waals surface area contributed by atoms with Crippen LogP contribution in [0.15, 0.2) is 41.3 Å². The molecular formula is C19H20ClFN2O5S2. The SMILES string of the molecule is CSCCC(NS(=O)(=O)c1ccc2c(c1)OCCO2)C(=O)Nc1ccc(F)c(Cl)c1. The van der Waals surface area contributed by atoms with Crippen LogP contribution in [-0.2, 0) is 14.8 Å². The molecule has 3 rings (SSSR count). The Hall–Kier alpha value is -2.01.